The number of rotatable bonds is 3. The van der Waals surface area contributed by atoms with Gasteiger partial charge in [-0.1, -0.05) is 60.1 Å². The van der Waals surface area contributed by atoms with Crippen LogP contribution in [-0.4, -0.2) is 27.2 Å². The normalized spacial score (nSPS) is 40.3. The summed E-state index contributed by atoms with van der Waals surface area (Å²) in [5.74, 6) is 4.16. The van der Waals surface area contributed by atoms with Crippen LogP contribution in [-0.2, 0) is 10.2 Å². The molecule has 0 bridgehead atoms. The Hall–Kier alpha value is -1.98. The number of hydrogen-bond donors (Lipinski definition) is 1. The Bertz CT molecular complexity index is 1400. The zero-order chi connectivity index (χ0) is 30.9. The summed E-state index contributed by atoms with van der Waals surface area (Å²) in [7, 11) is 0. The van der Waals surface area contributed by atoms with E-state index in [1.807, 2.05) is 38.1 Å². The smallest absolute Gasteiger partial charge is 0.247 e. The summed E-state index contributed by atoms with van der Waals surface area (Å²) >= 11 is 6.12. The standard InChI is InChI=1S/C35H45ClN2O3.C2H6/c1-19(2)29-27(40)18-35(32-38-37-31(41-32)21-6-8-22(36)9-7-21)17-13-25-23(30(29)35)10-11-28-33(4)16-14-26(39)20(3)24(33)12-15-34(25,28)5;1-2/h6-9,19-20,23-26,28,39H,10-18H2,1-5H3;1-2H3. The van der Waals surface area contributed by atoms with Gasteiger partial charge in [-0.2, -0.15) is 0 Å². The maximum atomic E-state index is 13.8. The van der Waals surface area contributed by atoms with Gasteiger partial charge < -0.3 is 9.52 Å². The number of nitrogens with zero attached hydrogens (tertiary/aromatic N) is 2. The lowest BCUT2D eigenvalue weighted by Gasteiger charge is -2.67. The number of halogens is 1. The molecule has 6 heteroatoms. The molecule has 5 aliphatic rings. The fourth-order valence-corrected chi connectivity index (χ4v) is 11.4. The summed E-state index contributed by atoms with van der Waals surface area (Å²) in [6.07, 6.45) is 9.12. The minimum absolute atomic E-state index is 0.153. The van der Waals surface area contributed by atoms with Gasteiger partial charge >= 0.3 is 0 Å². The molecule has 0 spiro atoms. The molecule has 4 fully saturated rings. The molecule has 43 heavy (non-hydrogen) atoms. The molecule has 1 N–H and O–H groups in total. The third-order valence-corrected chi connectivity index (χ3v) is 13.3. The SMILES string of the molecule is CC.CC(C)C1=C2C3CCC4C(C)(CCC5C(C)C(O)CCC54C)C3CCC2(c2nnc(-c3ccc(Cl)cc3)o2)CC1=O. The fraction of sp³-hybridized carbons (Fsp3) is 0.703. The zero-order valence-corrected chi connectivity index (χ0v) is 28.0. The second kappa shape index (κ2) is 11.1. The Morgan fingerprint density at radius 3 is 2.28 bits per heavy atom. The number of carbonyl (C=O) groups excluding carboxylic acids is 1. The van der Waals surface area contributed by atoms with Crippen molar-refractivity contribution >= 4 is 17.4 Å². The highest BCUT2D eigenvalue weighted by Crippen LogP contribution is 2.71. The molecule has 9 unspecified atom stereocenters. The van der Waals surface area contributed by atoms with E-state index in [1.165, 1.54) is 24.8 Å². The van der Waals surface area contributed by atoms with E-state index in [2.05, 4.69) is 44.8 Å². The molecule has 4 saturated carbocycles. The number of hydrogen-bond acceptors (Lipinski definition) is 5. The maximum absolute atomic E-state index is 13.8. The highest BCUT2D eigenvalue weighted by molar-refractivity contribution is 6.30. The molecule has 5 aliphatic carbocycles. The van der Waals surface area contributed by atoms with Gasteiger partial charge in [0.2, 0.25) is 11.8 Å². The molecule has 2 aromatic rings. The van der Waals surface area contributed by atoms with Crippen molar-refractivity contribution < 1.29 is 14.3 Å². The van der Waals surface area contributed by atoms with Gasteiger partial charge in [0.25, 0.3) is 0 Å². The molecular formula is C37H51ClN2O3. The topological polar surface area (TPSA) is 76.2 Å². The molecule has 5 nitrogen and oxygen atoms in total. The highest BCUT2D eigenvalue weighted by Gasteiger charge is 2.65. The second-order valence-corrected chi connectivity index (χ2v) is 15.5. The van der Waals surface area contributed by atoms with Gasteiger partial charge in [-0.25, -0.2) is 0 Å². The van der Waals surface area contributed by atoms with E-state index in [1.54, 1.807) is 0 Å². The number of ketones is 1. The lowest BCUT2D eigenvalue weighted by atomic mass is 9.38. The van der Waals surface area contributed by atoms with E-state index in [9.17, 15) is 9.90 Å². The van der Waals surface area contributed by atoms with Crippen LogP contribution in [0.15, 0.2) is 39.8 Å². The fourth-order valence-electron chi connectivity index (χ4n) is 11.3. The van der Waals surface area contributed by atoms with Crippen LogP contribution in [0.2, 0.25) is 5.02 Å². The largest absolute Gasteiger partial charge is 0.420 e. The Labute approximate surface area is 263 Å². The lowest BCUT2D eigenvalue weighted by molar-refractivity contribution is -0.177. The van der Waals surface area contributed by atoms with Gasteiger partial charge in [0, 0.05) is 17.0 Å². The van der Waals surface area contributed by atoms with Crippen molar-refractivity contribution in [2.24, 2.45) is 46.3 Å². The minimum atomic E-state index is -0.483. The lowest BCUT2D eigenvalue weighted by Crippen LogP contribution is -2.60. The van der Waals surface area contributed by atoms with Crippen LogP contribution in [0.25, 0.3) is 11.5 Å². The number of carbonyl (C=O) groups is 1. The van der Waals surface area contributed by atoms with Crippen molar-refractivity contribution in [3.8, 4) is 11.5 Å². The van der Waals surface area contributed by atoms with Gasteiger partial charge in [-0.15, -0.1) is 10.2 Å². The first-order chi connectivity index (χ1) is 20.5. The van der Waals surface area contributed by atoms with Crippen molar-refractivity contribution in [3.05, 3.63) is 46.3 Å². The third kappa shape index (κ3) is 4.53. The number of aliphatic hydroxyl groups is 1. The Kier molecular flexibility index (Phi) is 8.02. The van der Waals surface area contributed by atoms with E-state index >= 15 is 0 Å². The van der Waals surface area contributed by atoms with Crippen molar-refractivity contribution in [3.63, 3.8) is 0 Å². The van der Waals surface area contributed by atoms with Crippen LogP contribution in [0.4, 0.5) is 0 Å². The molecule has 0 radical (unpaired) electrons. The predicted molar refractivity (Wildman–Crippen MR) is 172 cm³/mol. The molecule has 7 rings (SSSR count). The van der Waals surface area contributed by atoms with E-state index < -0.39 is 5.41 Å². The molecule has 234 valence electrons. The first kappa shape index (κ1) is 31.0. The van der Waals surface area contributed by atoms with Crippen molar-refractivity contribution in [1.82, 2.24) is 10.2 Å². The van der Waals surface area contributed by atoms with Crippen molar-refractivity contribution in [1.29, 1.82) is 0 Å². The summed E-state index contributed by atoms with van der Waals surface area (Å²) in [6.45, 7) is 15.8. The summed E-state index contributed by atoms with van der Waals surface area (Å²) in [5, 5.41) is 20.6. The molecule has 0 saturated heterocycles. The highest BCUT2D eigenvalue weighted by atomic mass is 35.5. The Morgan fingerprint density at radius 2 is 1.58 bits per heavy atom. The van der Waals surface area contributed by atoms with Crippen LogP contribution in [0.3, 0.4) is 0 Å². The van der Waals surface area contributed by atoms with Gasteiger partial charge in [-0.05, 0) is 133 Å². The molecule has 9 atom stereocenters. The summed E-state index contributed by atoms with van der Waals surface area (Å²) in [6, 6.07) is 7.50. The predicted octanol–water partition coefficient (Wildman–Crippen LogP) is 9.23. The van der Waals surface area contributed by atoms with Crippen LogP contribution >= 0.6 is 11.6 Å². The molecule has 0 aliphatic heterocycles. The maximum Gasteiger partial charge on any atom is 0.247 e. The van der Waals surface area contributed by atoms with Gasteiger partial charge in [0.1, 0.15) is 0 Å². The number of Topliss-reactive ketones (excluding diaryl/α,β-unsaturated/α-hetero) is 1. The molecular weight excluding hydrogens is 556 g/mol. The summed E-state index contributed by atoms with van der Waals surface area (Å²) in [4.78, 5) is 13.8. The third-order valence-electron chi connectivity index (χ3n) is 13.1. The van der Waals surface area contributed by atoms with E-state index in [0.29, 0.717) is 52.8 Å². The molecule has 1 aromatic heterocycles. The average Bonchev–Trinajstić information content (AvgIpc) is 3.60. The van der Waals surface area contributed by atoms with E-state index in [4.69, 9.17) is 16.0 Å². The Balaban J connectivity index is 0.00000161. The van der Waals surface area contributed by atoms with E-state index in [-0.39, 0.29) is 28.6 Å². The average molecular weight is 607 g/mol. The number of fused-ring (bicyclic) bond motifs is 7. The monoisotopic (exact) mass is 606 g/mol. The van der Waals surface area contributed by atoms with Crippen LogP contribution in [0.1, 0.15) is 112 Å². The molecule has 0 amide bonds. The summed E-state index contributed by atoms with van der Waals surface area (Å²) < 4.78 is 6.47. The minimum Gasteiger partial charge on any atom is -0.420 e. The van der Waals surface area contributed by atoms with Crippen molar-refractivity contribution in [2.75, 3.05) is 0 Å². The number of allylic oxidation sites excluding steroid dienone is 2. The number of benzene rings is 1. The second-order valence-electron chi connectivity index (χ2n) is 15.1. The van der Waals surface area contributed by atoms with Gasteiger partial charge in [-0.3, -0.25) is 4.79 Å². The van der Waals surface area contributed by atoms with Crippen LogP contribution in [0.5, 0.6) is 0 Å². The van der Waals surface area contributed by atoms with Crippen LogP contribution in [0, 0.1) is 46.3 Å². The molecule has 1 heterocycles. The van der Waals surface area contributed by atoms with Gasteiger partial charge in [0.05, 0.1) is 11.5 Å². The number of aromatic nitrogens is 2. The number of aliphatic hydroxyl groups excluding tert-OH is 1. The summed E-state index contributed by atoms with van der Waals surface area (Å²) in [5.41, 5.74) is 3.28. The first-order valence-electron chi connectivity index (χ1n) is 17.1. The van der Waals surface area contributed by atoms with Gasteiger partial charge in [0.15, 0.2) is 5.78 Å². The zero-order valence-electron chi connectivity index (χ0n) is 27.3. The van der Waals surface area contributed by atoms with Crippen LogP contribution < -0.4 is 0 Å². The van der Waals surface area contributed by atoms with Crippen molar-refractivity contribution in [2.45, 2.75) is 118 Å². The first-order valence-corrected chi connectivity index (χ1v) is 17.4. The van der Waals surface area contributed by atoms with E-state index in [0.717, 1.165) is 43.2 Å². The Morgan fingerprint density at radius 1 is 0.930 bits per heavy atom. The molecule has 1 aromatic carbocycles. The quantitative estimate of drug-likeness (QED) is 0.377.